The van der Waals surface area contributed by atoms with E-state index in [2.05, 4.69) is 66.8 Å². The summed E-state index contributed by atoms with van der Waals surface area (Å²) in [5, 5.41) is 6.15. The molecule has 0 spiro atoms. The van der Waals surface area contributed by atoms with E-state index in [0.717, 1.165) is 43.9 Å². The maximum Gasteiger partial charge on any atom is 0.119 e. The van der Waals surface area contributed by atoms with E-state index in [4.69, 9.17) is 4.74 Å². The summed E-state index contributed by atoms with van der Waals surface area (Å²) in [7, 11) is 0. The highest BCUT2D eigenvalue weighted by Gasteiger charge is 2.00. The van der Waals surface area contributed by atoms with Crippen LogP contribution in [-0.2, 0) is 6.42 Å². The quantitative estimate of drug-likeness (QED) is 0.540. The van der Waals surface area contributed by atoms with Crippen molar-refractivity contribution in [1.82, 2.24) is 0 Å². The Labute approximate surface area is 144 Å². The number of unbranched alkanes of at least 4 members (excludes halogenated alkanes) is 1. The van der Waals surface area contributed by atoms with Crippen molar-refractivity contribution < 1.29 is 4.74 Å². The fourth-order valence-electron chi connectivity index (χ4n) is 2.86. The van der Waals surface area contributed by atoms with Gasteiger partial charge >= 0.3 is 0 Å². The van der Waals surface area contributed by atoms with Crippen LogP contribution < -0.4 is 10.1 Å². The summed E-state index contributed by atoms with van der Waals surface area (Å²) in [5.41, 5.74) is 2.53. The van der Waals surface area contributed by atoms with Crippen LogP contribution >= 0.6 is 0 Å². The second kappa shape index (κ2) is 8.39. The van der Waals surface area contributed by atoms with Crippen molar-refractivity contribution in [2.45, 2.75) is 26.2 Å². The van der Waals surface area contributed by atoms with Gasteiger partial charge in [-0.25, -0.2) is 0 Å². The molecule has 2 nitrogen and oxygen atoms in total. The lowest BCUT2D eigenvalue weighted by Crippen LogP contribution is -2.05. The lowest BCUT2D eigenvalue weighted by molar-refractivity contribution is 0.309. The number of hydrogen-bond donors (Lipinski definition) is 1. The van der Waals surface area contributed by atoms with Gasteiger partial charge in [0.1, 0.15) is 5.75 Å². The van der Waals surface area contributed by atoms with Crippen LogP contribution in [0.2, 0.25) is 0 Å². The van der Waals surface area contributed by atoms with E-state index >= 15 is 0 Å². The van der Waals surface area contributed by atoms with Gasteiger partial charge in [-0.2, -0.15) is 0 Å². The predicted molar refractivity (Wildman–Crippen MR) is 103 cm³/mol. The zero-order chi connectivity index (χ0) is 16.6. The molecule has 0 bridgehead atoms. The second-order valence-corrected chi connectivity index (χ2v) is 6.04. The first-order valence-corrected chi connectivity index (χ1v) is 8.80. The molecule has 3 aromatic carbocycles. The molecule has 0 aromatic heterocycles. The Hall–Kier alpha value is -2.48. The van der Waals surface area contributed by atoms with Crippen molar-refractivity contribution in [2.24, 2.45) is 0 Å². The van der Waals surface area contributed by atoms with Crippen LogP contribution in [0.4, 0.5) is 5.69 Å². The third-order valence-corrected chi connectivity index (χ3v) is 4.22. The molecule has 3 aromatic rings. The zero-order valence-corrected chi connectivity index (χ0v) is 14.3. The minimum Gasteiger partial charge on any atom is -0.494 e. The van der Waals surface area contributed by atoms with Gasteiger partial charge in [0.05, 0.1) is 6.61 Å². The number of ether oxygens (including phenoxy) is 1. The molecule has 0 saturated carbocycles. The normalized spacial score (nSPS) is 10.7. The fraction of sp³-hybridized carbons (Fsp3) is 0.273. The lowest BCUT2D eigenvalue weighted by Gasteiger charge is -2.10. The summed E-state index contributed by atoms with van der Waals surface area (Å²) in [6.07, 6.45) is 3.27. The molecule has 124 valence electrons. The number of fused-ring (bicyclic) bond motifs is 1. The fourth-order valence-corrected chi connectivity index (χ4v) is 2.86. The molecule has 0 amide bonds. The first-order valence-electron chi connectivity index (χ1n) is 8.80. The Kier molecular flexibility index (Phi) is 5.73. The van der Waals surface area contributed by atoms with Crippen molar-refractivity contribution in [2.75, 3.05) is 18.5 Å². The molecule has 0 aliphatic rings. The number of anilines is 1. The van der Waals surface area contributed by atoms with E-state index in [-0.39, 0.29) is 0 Å². The molecule has 0 atom stereocenters. The third kappa shape index (κ3) is 4.29. The van der Waals surface area contributed by atoms with E-state index in [1.807, 2.05) is 12.1 Å². The molecule has 0 radical (unpaired) electrons. The molecule has 0 heterocycles. The number of nitrogens with one attached hydrogen (secondary N) is 1. The van der Waals surface area contributed by atoms with Crippen molar-refractivity contribution >= 4 is 16.5 Å². The van der Waals surface area contributed by atoms with Crippen LogP contribution in [0.5, 0.6) is 5.75 Å². The highest BCUT2D eigenvalue weighted by atomic mass is 16.5. The Morgan fingerprint density at radius 1 is 0.875 bits per heavy atom. The summed E-state index contributed by atoms with van der Waals surface area (Å²) in [6.45, 7) is 3.89. The van der Waals surface area contributed by atoms with Gasteiger partial charge in [-0.1, -0.05) is 55.8 Å². The van der Waals surface area contributed by atoms with Crippen LogP contribution in [0, 0.1) is 0 Å². The second-order valence-electron chi connectivity index (χ2n) is 6.04. The molecule has 3 rings (SSSR count). The van der Waals surface area contributed by atoms with Crippen LogP contribution in [0.3, 0.4) is 0 Å². The van der Waals surface area contributed by atoms with Crippen LogP contribution in [-0.4, -0.2) is 13.2 Å². The van der Waals surface area contributed by atoms with Gasteiger partial charge in [-0.3, -0.25) is 0 Å². The Bertz CT molecular complexity index is 759. The number of rotatable bonds is 8. The molecule has 0 aliphatic heterocycles. The Morgan fingerprint density at radius 2 is 1.67 bits per heavy atom. The average molecular weight is 319 g/mol. The molecule has 0 aliphatic carbocycles. The number of benzene rings is 3. The molecule has 0 saturated heterocycles. The summed E-state index contributed by atoms with van der Waals surface area (Å²) in [5.74, 6) is 0.947. The van der Waals surface area contributed by atoms with Crippen LogP contribution in [0.1, 0.15) is 25.3 Å². The average Bonchev–Trinajstić information content (AvgIpc) is 2.63. The standard InChI is InChI=1S/C22H25NO/c1-2-3-17-24-21-13-11-20(12-14-21)23-16-15-19-9-6-8-18-7-4-5-10-22(18)19/h4-14,23H,2-3,15-17H2,1H3. The van der Waals surface area contributed by atoms with Gasteiger partial charge in [0.15, 0.2) is 0 Å². The van der Waals surface area contributed by atoms with Crippen molar-refractivity contribution in [3.8, 4) is 5.75 Å². The van der Waals surface area contributed by atoms with Crippen LogP contribution in [0.25, 0.3) is 10.8 Å². The lowest BCUT2D eigenvalue weighted by atomic mass is 10.0. The molecule has 24 heavy (non-hydrogen) atoms. The third-order valence-electron chi connectivity index (χ3n) is 4.22. The first kappa shape index (κ1) is 16.4. The van der Waals surface area contributed by atoms with Crippen molar-refractivity contribution in [3.63, 3.8) is 0 Å². The molecule has 1 N–H and O–H groups in total. The SMILES string of the molecule is CCCCOc1ccc(NCCc2cccc3ccccc23)cc1. The minimum absolute atomic E-state index is 0.796. The summed E-state index contributed by atoms with van der Waals surface area (Å²) < 4.78 is 5.70. The summed E-state index contributed by atoms with van der Waals surface area (Å²) in [6, 6.07) is 23.3. The summed E-state index contributed by atoms with van der Waals surface area (Å²) >= 11 is 0. The highest BCUT2D eigenvalue weighted by Crippen LogP contribution is 2.20. The highest BCUT2D eigenvalue weighted by molar-refractivity contribution is 5.85. The van der Waals surface area contributed by atoms with E-state index in [1.165, 1.54) is 16.3 Å². The van der Waals surface area contributed by atoms with E-state index in [1.54, 1.807) is 0 Å². The van der Waals surface area contributed by atoms with Gasteiger partial charge in [0.25, 0.3) is 0 Å². The van der Waals surface area contributed by atoms with Gasteiger partial charge < -0.3 is 10.1 Å². The Morgan fingerprint density at radius 3 is 2.50 bits per heavy atom. The van der Waals surface area contributed by atoms with E-state index in [0.29, 0.717) is 0 Å². The molecule has 0 fully saturated rings. The first-order chi connectivity index (χ1) is 11.9. The predicted octanol–water partition coefficient (Wildman–Crippen LogP) is 5.67. The maximum atomic E-state index is 5.70. The summed E-state index contributed by atoms with van der Waals surface area (Å²) in [4.78, 5) is 0. The maximum absolute atomic E-state index is 5.70. The van der Waals surface area contributed by atoms with E-state index < -0.39 is 0 Å². The zero-order valence-electron chi connectivity index (χ0n) is 14.3. The minimum atomic E-state index is 0.796. The van der Waals surface area contributed by atoms with Gasteiger partial charge in [0, 0.05) is 12.2 Å². The largest absolute Gasteiger partial charge is 0.494 e. The van der Waals surface area contributed by atoms with Gasteiger partial charge in [-0.15, -0.1) is 0 Å². The van der Waals surface area contributed by atoms with Gasteiger partial charge in [0.2, 0.25) is 0 Å². The number of hydrogen-bond acceptors (Lipinski definition) is 2. The van der Waals surface area contributed by atoms with Crippen molar-refractivity contribution in [1.29, 1.82) is 0 Å². The van der Waals surface area contributed by atoms with Crippen molar-refractivity contribution in [3.05, 3.63) is 72.3 Å². The molecular formula is C22H25NO. The molecule has 0 unspecified atom stereocenters. The van der Waals surface area contributed by atoms with E-state index in [9.17, 15) is 0 Å². The molecule has 2 heteroatoms. The van der Waals surface area contributed by atoms with Gasteiger partial charge in [-0.05, 0) is 53.4 Å². The monoisotopic (exact) mass is 319 g/mol. The Balaban J connectivity index is 1.54. The smallest absolute Gasteiger partial charge is 0.119 e. The molecular weight excluding hydrogens is 294 g/mol. The topological polar surface area (TPSA) is 21.3 Å². The van der Waals surface area contributed by atoms with Crippen LogP contribution in [0.15, 0.2) is 66.7 Å².